The molecular formula is C17H22N2. The number of benzene rings is 1. The monoisotopic (exact) mass is 254 g/mol. The van der Waals surface area contributed by atoms with E-state index in [0.29, 0.717) is 0 Å². The van der Waals surface area contributed by atoms with Crippen molar-refractivity contribution in [3.05, 3.63) is 65.0 Å². The minimum absolute atomic E-state index is 0.182. The second kappa shape index (κ2) is 6.48. The second-order valence-corrected chi connectivity index (χ2v) is 4.80. The number of nitrogens with zero attached hydrogens (tertiary/aromatic N) is 1. The highest BCUT2D eigenvalue weighted by atomic mass is 14.9. The van der Waals surface area contributed by atoms with E-state index < -0.39 is 0 Å². The first-order chi connectivity index (χ1) is 9.26. The number of hydrogen-bond donors (Lipinski definition) is 1. The van der Waals surface area contributed by atoms with Crippen LogP contribution in [0.5, 0.6) is 0 Å². The Kier molecular flexibility index (Phi) is 4.69. The Morgan fingerprint density at radius 1 is 1.11 bits per heavy atom. The van der Waals surface area contributed by atoms with Gasteiger partial charge >= 0.3 is 0 Å². The molecule has 1 heterocycles. The summed E-state index contributed by atoms with van der Waals surface area (Å²) in [6, 6.07) is 13.1. The maximum Gasteiger partial charge on any atom is 0.0754 e. The summed E-state index contributed by atoms with van der Waals surface area (Å²) in [6.07, 6.45) is 2.89. The van der Waals surface area contributed by atoms with E-state index in [9.17, 15) is 0 Å². The van der Waals surface area contributed by atoms with Crippen LogP contribution in [0.2, 0.25) is 0 Å². The van der Waals surface area contributed by atoms with Crippen LogP contribution in [-0.2, 0) is 6.42 Å². The number of pyridine rings is 1. The lowest BCUT2D eigenvalue weighted by Gasteiger charge is -2.20. The third-order valence-electron chi connectivity index (χ3n) is 3.40. The van der Waals surface area contributed by atoms with Gasteiger partial charge in [-0.25, -0.2) is 0 Å². The standard InChI is InChI=1S/C17H22N2/c1-4-14-7-6-12-19-16(14)17(18-5-2)15-10-8-13(3)9-11-15/h6-12,17-18H,4-5H2,1-3H3. The van der Waals surface area contributed by atoms with E-state index in [-0.39, 0.29) is 6.04 Å². The van der Waals surface area contributed by atoms with Crippen LogP contribution < -0.4 is 5.32 Å². The van der Waals surface area contributed by atoms with Gasteiger partial charge in [0.25, 0.3) is 0 Å². The Labute approximate surface area is 115 Å². The van der Waals surface area contributed by atoms with Crippen LogP contribution >= 0.6 is 0 Å². The van der Waals surface area contributed by atoms with Crippen molar-refractivity contribution < 1.29 is 0 Å². The third-order valence-corrected chi connectivity index (χ3v) is 3.40. The summed E-state index contributed by atoms with van der Waals surface area (Å²) in [6.45, 7) is 7.36. The molecule has 1 N–H and O–H groups in total. The van der Waals surface area contributed by atoms with Crippen molar-refractivity contribution in [1.82, 2.24) is 10.3 Å². The molecule has 0 saturated carbocycles. The van der Waals surface area contributed by atoms with Crippen molar-refractivity contribution in [2.45, 2.75) is 33.2 Å². The molecule has 0 aliphatic carbocycles. The molecule has 0 aliphatic heterocycles. The molecule has 0 spiro atoms. The van der Waals surface area contributed by atoms with Gasteiger partial charge in [-0.3, -0.25) is 4.98 Å². The average Bonchev–Trinajstić information content (AvgIpc) is 2.46. The lowest BCUT2D eigenvalue weighted by molar-refractivity contribution is 0.609. The minimum atomic E-state index is 0.182. The van der Waals surface area contributed by atoms with E-state index in [0.717, 1.165) is 18.7 Å². The van der Waals surface area contributed by atoms with Gasteiger partial charge in [0.1, 0.15) is 0 Å². The summed E-state index contributed by atoms with van der Waals surface area (Å²) >= 11 is 0. The topological polar surface area (TPSA) is 24.9 Å². The highest BCUT2D eigenvalue weighted by Crippen LogP contribution is 2.23. The number of aryl methyl sites for hydroxylation is 2. The van der Waals surface area contributed by atoms with E-state index in [4.69, 9.17) is 0 Å². The average molecular weight is 254 g/mol. The van der Waals surface area contributed by atoms with Crippen LogP contribution in [-0.4, -0.2) is 11.5 Å². The highest BCUT2D eigenvalue weighted by Gasteiger charge is 2.16. The first kappa shape index (κ1) is 13.8. The molecule has 1 unspecified atom stereocenters. The molecule has 1 aromatic carbocycles. The molecule has 2 heteroatoms. The lowest BCUT2D eigenvalue weighted by Crippen LogP contribution is -2.24. The van der Waals surface area contributed by atoms with Crippen LogP contribution in [0.4, 0.5) is 0 Å². The zero-order valence-electron chi connectivity index (χ0n) is 12.0. The molecule has 19 heavy (non-hydrogen) atoms. The van der Waals surface area contributed by atoms with Gasteiger partial charge in [-0.15, -0.1) is 0 Å². The summed E-state index contributed by atoms with van der Waals surface area (Å²) in [5.74, 6) is 0. The molecule has 0 amide bonds. The normalized spacial score (nSPS) is 12.4. The lowest BCUT2D eigenvalue weighted by atomic mass is 9.97. The molecule has 2 nitrogen and oxygen atoms in total. The van der Waals surface area contributed by atoms with Crippen molar-refractivity contribution in [1.29, 1.82) is 0 Å². The third kappa shape index (κ3) is 3.21. The minimum Gasteiger partial charge on any atom is -0.305 e. The van der Waals surface area contributed by atoms with Crippen molar-refractivity contribution >= 4 is 0 Å². The van der Waals surface area contributed by atoms with Gasteiger partial charge < -0.3 is 5.32 Å². The van der Waals surface area contributed by atoms with Gasteiger partial charge in [-0.1, -0.05) is 49.7 Å². The van der Waals surface area contributed by atoms with Crippen molar-refractivity contribution in [3.63, 3.8) is 0 Å². The quantitative estimate of drug-likeness (QED) is 0.881. The van der Waals surface area contributed by atoms with Crippen molar-refractivity contribution in [3.8, 4) is 0 Å². The smallest absolute Gasteiger partial charge is 0.0754 e. The van der Waals surface area contributed by atoms with Gasteiger partial charge in [-0.2, -0.15) is 0 Å². The Hall–Kier alpha value is -1.67. The Bertz CT molecular complexity index is 517. The van der Waals surface area contributed by atoms with Crippen molar-refractivity contribution in [2.24, 2.45) is 0 Å². The van der Waals surface area contributed by atoms with Crippen LogP contribution in [0.3, 0.4) is 0 Å². The fourth-order valence-electron chi connectivity index (χ4n) is 2.35. The zero-order valence-corrected chi connectivity index (χ0v) is 12.0. The predicted molar refractivity (Wildman–Crippen MR) is 80.3 cm³/mol. The fourth-order valence-corrected chi connectivity index (χ4v) is 2.35. The van der Waals surface area contributed by atoms with Gasteiger partial charge in [0, 0.05) is 6.20 Å². The molecular weight excluding hydrogens is 232 g/mol. The molecule has 0 radical (unpaired) electrons. The summed E-state index contributed by atoms with van der Waals surface area (Å²) in [5.41, 5.74) is 5.03. The Morgan fingerprint density at radius 2 is 1.84 bits per heavy atom. The Balaban J connectivity index is 2.42. The predicted octanol–water partition coefficient (Wildman–Crippen LogP) is 3.65. The molecule has 1 aromatic heterocycles. The molecule has 1 atom stereocenters. The molecule has 0 aliphatic rings. The molecule has 2 aromatic rings. The van der Waals surface area contributed by atoms with Crippen LogP contribution in [0.15, 0.2) is 42.6 Å². The molecule has 0 bridgehead atoms. The first-order valence-electron chi connectivity index (χ1n) is 7.00. The largest absolute Gasteiger partial charge is 0.305 e. The van der Waals surface area contributed by atoms with E-state index in [1.165, 1.54) is 16.7 Å². The number of nitrogens with one attached hydrogen (secondary N) is 1. The highest BCUT2D eigenvalue weighted by molar-refractivity contribution is 5.34. The maximum absolute atomic E-state index is 4.60. The van der Waals surface area contributed by atoms with E-state index in [1.807, 2.05) is 12.3 Å². The van der Waals surface area contributed by atoms with E-state index >= 15 is 0 Å². The van der Waals surface area contributed by atoms with Crippen LogP contribution in [0.25, 0.3) is 0 Å². The van der Waals surface area contributed by atoms with Crippen molar-refractivity contribution in [2.75, 3.05) is 6.54 Å². The van der Waals surface area contributed by atoms with Crippen LogP contribution in [0, 0.1) is 6.92 Å². The van der Waals surface area contributed by atoms with Crippen LogP contribution in [0.1, 0.15) is 42.3 Å². The second-order valence-electron chi connectivity index (χ2n) is 4.80. The maximum atomic E-state index is 4.60. The molecule has 100 valence electrons. The number of hydrogen-bond acceptors (Lipinski definition) is 2. The number of aromatic nitrogens is 1. The van der Waals surface area contributed by atoms with Gasteiger partial charge in [0.15, 0.2) is 0 Å². The molecule has 0 fully saturated rings. The molecule has 2 rings (SSSR count). The summed E-state index contributed by atoms with van der Waals surface area (Å²) in [7, 11) is 0. The Morgan fingerprint density at radius 3 is 2.47 bits per heavy atom. The van der Waals surface area contributed by atoms with Gasteiger partial charge in [0.05, 0.1) is 11.7 Å². The summed E-state index contributed by atoms with van der Waals surface area (Å²) < 4.78 is 0. The SMILES string of the molecule is CCNC(c1ccc(C)cc1)c1ncccc1CC. The van der Waals surface area contributed by atoms with Gasteiger partial charge in [-0.05, 0) is 37.1 Å². The fraction of sp³-hybridized carbons (Fsp3) is 0.353. The summed E-state index contributed by atoms with van der Waals surface area (Å²) in [5, 5.41) is 3.55. The van der Waals surface area contributed by atoms with E-state index in [2.05, 4.69) is 61.4 Å². The zero-order chi connectivity index (χ0) is 13.7. The first-order valence-corrected chi connectivity index (χ1v) is 7.00. The number of rotatable bonds is 5. The van der Waals surface area contributed by atoms with Gasteiger partial charge in [0.2, 0.25) is 0 Å². The van der Waals surface area contributed by atoms with E-state index in [1.54, 1.807) is 0 Å². The molecule has 0 saturated heterocycles. The summed E-state index contributed by atoms with van der Waals surface area (Å²) in [4.78, 5) is 4.60.